The number of para-hydroxylation sites is 1. The van der Waals surface area contributed by atoms with Crippen molar-refractivity contribution in [1.29, 1.82) is 0 Å². The monoisotopic (exact) mass is 248 g/mol. The summed E-state index contributed by atoms with van der Waals surface area (Å²) in [4.78, 5) is 19.5. The van der Waals surface area contributed by atoms with Gasteiger partial charge >= 0.3 is 0 Å². The fraction of sp³-hybridized carbons (Fsp3) is 0.182. The predicted octanol–water partition coefficient (Wildman–Crippen LogP) is 2.51. The van der Waals surface area contributed by atoms with E-state index >= 15 is 0 Å². The van der Waals surface area contributed by atoms with Gasteiger partial charge in [-0.2, -0.15) is 0 Å². The van der Waals surface area contributed by atoms with Gasteiger partial charge < -0.3 is 0 Å². The first-order chi connectivity index (χ1) is 7.81. The zero-order chi connectivity index (χ0) is 11.0. The van der Waals surface area contributed by atoms with E-state index < -0.39 is 0 Å². The van der Waals surface area contributed by atoms with E-state index in [0.29, 0.717) is 12.2 Å². The zero-order valence-corrected chi connectivity index (χ0v) is 9.98. The number of thioether (sulfide) groups is 1. The second kappa shape index (κ2) is 3.99. The molecule has 5 heteroatoms. The van der Waals surface area contributed by atoms with Gasteiger partial charge in [-0.1, -0.05) is 12.1 Å². The molecule has 2 heterocycles. The Labute approximate surface area is 101 Å². The molecule has 3 rings (SSSR count). The zero-order valence-electron chi connectivity index (χ0n) is 8.34. The van der Waals surface area contributed by atoms with E-state index in [1.807, 2.05) is 18.2 Å². The van der Waals surface area contributed by atoms with E-state index in [0.717, 1.165) is 15.6 Å². The number of nitrogens with zero attached hydrogens (tertiary/aromatic N) is 2. The summed E-state index contributed by atoms with van der Waals surface area (Å²) in [5, 5.41) is 1.92. The molecular formula is C11H8N2OS2. The Morgan fingerprint density at radius 3 is 2.94 bits per heavy atom. The minimum Gasteiger partial charge on any atom is -0.272 e. The summed E-state index contributed by atoms with van der Waals surface area (Å²) in [7, 11) is 0. The molecule has 80 valence electrons. The van der Waals surface area contributed by atoms with Gasteiger partial charge in [-0.3, -0.25) is 4.79 Å². The Morgan fingerprint density at radius 1 is 1.31 bits per heavy atom. The smallest absolute Gasteiger partial charge is 0.256 e. The van der Waals surface area contributed by atoms with E-state index in [-0.39, 0.29) is 5.91 Å². The lowest BCUT2D eigenvalue weighted by Crippen LogP contribution is -1.93. The van der Waals surface area contributed by atoms with E-state index in [4.69, 9.17) is 0 Å². The molecule has 1 amide bonds. The Bertz CT molecular complexity index is 555. The van der Waals surface area contributed by atoms with Gasteiger partial charge in [-0.25, -0.2) is 9.98 Å². The highest BCUT2D eigenvalue weighted by Crippen LogP contribution is 2.24. The first kappa shape index (κ1) is 9.99. The summed E-state index contributed by atoms with van der Waals surface area (Å²) in [6.45, 7) is 0. The van der Waals surface area contributed by atoms with Gasteiger partial charge in [0.2, 0.25) is 0 Å². The average Bonchev–Trinajstić information content (AvgIpc) is 2.84. The van der Waals surface area contributed by atoms with Crippen LogP contribution in [0.5, 0.6) is 0 Å². The van der Waals surface area contributed by atoms with Crippen molar-refractivity contribution >= 4 is 44.3 Å². The molecular weight excluding hydrogens is 240 g/mol. The predicted molar refractivity (Wildman–Crippen MR) is 68.2 cm³/mol. The van der Waals surface area contributed by atoms with E-state index in [1.165, 1.54) is 16.5 Å². The third kappa shape index (κ3) is 1.88. The Kier molecular flexibility index (Phi) is 2.49. The van der Waals surface area contributed by atoms with Crippen LogP contribution in [0.25, 0.3) is 10.2 Å². The van der Waals surface area contributed by atoms with Gasteiger partial charge in [-0.15, -0.1) is 23.1 Å². The maximum atomic E-state index is 11.0. The maximum Gasteiger partial charge on any atom is 0.256 e. The van der Waals surface area contributed by atoms with Gasteiger partial charge in [0.1, 0.15) is 5.01 Å². The number of benzene rings is 1. The van der Waals surface area contributed by atoms with Crippen LogP contribution in [0.2, 0.25) is 0 Å². The molecule has 2 aromatic rings. The molecule has 0 atom stereocenters. The van der Waals surface area contributed by atoms with Crippen LogP contribution in [0.3, 0.4) is 0 Å². The molecule has 1 aromatic heterocycles. The molecule has 0 fully saturated rings. The van der Waals surface area contributed by atoms with Crippen molar-refractivity contribution in [3.63, 3.8) is 0 Å². The average molecular weight is 248 g/mol. The van der Waals surface area contributed by atoms with Crippen LogP contribution in [0.1, 0.15) is 5.01 Å². The Morgan fingerprint density at radius 2 is 2.19 bits per heavy atom. The molecule has 0 bridgehead atoms. The molecule has 16 heavy (non-hydrogen) atoms. The summed E-state index contributed by atoms with van der Waals surface area (Å²) in [6, 6.07) is 8.06. The number of thiazole rings is 1. The minimum absolute atomic E-state index is 0.0267. The second-order valence-corrected chi connectivity index (χ2v) is 5.60. The number of rotatable bonds is 2. The van der Waals surface area contributed by atoms with Crippen molar-refractivity contribution in [2.75, 3.05) is 5.75 Å². The van der Waals surface area contributed by atoms with Gasteiger partial charge in [0, 0.05) is 6.42 Å². The van der Waals surface area contributed by atoms with Crippen LogP contribution < -0.4 is 0 Å². The quantitative estimate of drug-likeness (QED) is 0.820. The van der Waals surface area contributed by atoms with E-state index in [1.54, 1.807) is 11.3 Å². The lowest BCUT2D eigenvalue weighted by atomic mass is 10.3. The standard InChI is InChI=1S/C11H8N2OS2/c14-9-6-15-10(13-9)5-11-12-7-3-1-2-4-8(7)16-11/h1-4H,5-6H2. The van der Waals surface area contributed by atoms with E-state index in [2.05, 4.69) is 16.0 Å². The maximum absolute atomic E-state index is 11.0. The van der Waals surface area contributed by atoms with E-state index in [9.17, 15) is 4.79 Å². The molecule has 0 unspecified atom stereocenters. The van der Waals surface area contributed by atoms with Crippen LogP contribution in [-0.2, 0) is 11.2 Å². The molecule has 0 N–H and O–H groups in total. The first-order valence-electron chi connectivity index (χ1n) is 4.89. The van der Waals surface area contributed by atoms with Crippen molar-refractivity contribution < 1.29 is 4.79 Å². The number of carbonyl (C=O) groups is 1. The number of aromatic nitrogens is 1. The Balaban J connectivity index is 1.90. The van der Waals surface area contributed by atoms with Crippen molar-refractivity contribution in [1.82, 2.24) is 4.98 Å². The highest BCUT2D eigenvalue weighted by atomic mass is 32.2. The summed E-state index contributed by atoms with van der Waals surface area (Å²) >= 11 is 3.19. The van der Waals surface area contributed by atoms with Crippen molar-refractivity contribution in [2.45, 2.75) is 6.42 Å². The summed E-state index contributed by atoms with van der Waals surface area (Å²) in [6.07, 6.45) is 0.690. The molecule has 0 saturated heterocycles. The molecule has 0 aliphatic carbocycles. The van der Waals surface area contributed by atoms with Crippen LogP contribution in [0.4, 0.5) is 0 Å². The first-order valence-corrected chi connectivity index (χ1v) is 6.69. The van der Waals surface area contributed by atoms with Crippen molar-refractivity contribution in [3.8, 4) is 0 Å². The summed E-state index contributed by atoms with van der Waals surface area (Å²) < 4.78 is 1.19. The number of aliphatic imine (C=N–C) groups is 1. The molecule has 3 nitrogen and oxygen atoms in total. The molecule has 0 spiro atoms. The summed E-state index contributed by atoms with van der Waals surface area (Å²) in [5.74, 6) is 0.460. The van der Waals surface area contributed by atoms with Crippen molar-refractivity contribution in [3.05, 3.63) is 29.3 Å². The number of hydrogen-bond acceptors (Lipinski definition) is 4. The van der Waals surface area contributed by atoms with Crippen molar-refractivity contribution in [2.24, 2.45) is 4.99 Å². The Hall–Kier alpha value is -1.20. The van der Waals surface area contributed by atoms with Crippen LogP contribution in [0, 0.1) is 0 Å². The number of amides is 1. The van der Waals surface area contributed by atoms with Crippen LogP contribution in [-0.4, -0.2) is 21.7 Å². The largest absolute Gasteiger partial charge is 0.272 e. The lowest BCUT2D eigenvalue weighted by molar-refractivity contribution is -0.115. The van der Waals surface area contributed by atoms with Crippen LogP contribution >= 0.6 is 23.1 Å². The number of hydrogen-bond donors (Lipinski definition) is 0. The van der Waals surface area contributed by atoms with Gasteiger partial charge in [0.25, 0.3) is 5.91 Å². The second-order valence-electron chi connectivity index (χ2n) is 3.44. The lowest BCUT2D eigenvalue weighted by Gasteiger charge is -1.92. The molecule has 1 aromatic carbocycles. The van der Waals surface area contributed by atoms with Gasteiger partial charge in [-0.05, 0) is 12.1 Å². The molecule has 1 aliphatic heterocycles. The minimum atomic E-state index is -0.0267. The van der Waals surface area contributed by atoms with Gasteiger partial charge in [0.05, 0.1) is 21.0 Å². The fourth-order valence-corrected chi connectivity index (χ4v) is 3.39. The molecule has 0 radical (unpaired) electrons. The highest BCUT2D eigenvalue weighted by Gasteiger charge is 2.16. The SMILES string of the molecule is O=C1CSC(Cc2nc3ccccc3s2)=N1. The highest BCUT2D eigenvalue weighted by molar-refractivity contribution is 8.15. The normalized spacial score (nSPS) is 15.8. The summed E-state index contributed by atoms with van der Waals surface area (Å²) in [5.41, 5.74) is 1.03. The fourth-order valence-electron chi connectivity index (χ4n) is 1.56. The van der Waals surface area contributed by atoms with Gasteiger partial charge in [0.15, 0.2) is 0 Å². The molecule has 0 saturated carbocycles. The number of carbonyl (C=O) groups excluding carboxylic acids is 1. The molecule has 1 aliphatic rings. The number of fused-ring (bicyclic) bond motifs is 1. The van der Waals surface area contributed by atoms with Crippen LogP contribution in [0.15, 0.2) is 29.3 Å². The third-order valence-electron chi connectivity index (χ3n) is 2.25. The topological polar surface area (TPSA) is 42.3 Å². The third-order valence-corrected chi connectivity index (χ3v) is 4.25.